The van der Waals surface area contributed by atoms with Gasteiger partial charge in [0.05, 0.1) is 12.8 Å². The van der Waals surface area contributed by atoms with Crippen molar-refractivity contribution in [3.05, 3.63) is 110 Å². The number of benzene rings is 2. The molecule has 18 nitrogen and oxygen atoms in total. The van der Waals surface area contributed by atoms with Crippen LogP contribution < -0.4 is 50.6 Å². The summed E-state index contributed by atoms with van der Waals surface area (Å²) in [5, 5.41) is 18.1. The van der Waals surface area contributed by atoms with Crippen LogP contribution in [-0.4, -0.2) is 110 Å². The SMILES string of the molecule is C.CN.C[n+]1ccccc1Cl.Cc1cc(CC(=O)O)ccc1/C=C/S(=O)(=O)N1CCC2(CC1)N=C(C1CCC(C)CC1)NC2=O.Cc1cc(CC(N)=O)ccc1/C=C/S(=O)(=O)N1CCC2(CC1)N=C(C1CCC(C)CC1)NC2=O.[I-]. The summed E-state index contributed by atoms with van der Waals surface area (Å²) < 4.78 is 56.5. The molecule has 4 aliphatic heterocycles. The van der Waals surface area contributed by atoms with Gasteiger partial charge in [-0.2, -0.15) is 13.2 Å². The third kappa shape index (κ3) is 17.8. The van der Waals surface area contributed by atoms with Gasteiger partial charge in [-0.3, -0.25) is 29.2 Å². The fraction of sp³-hybridized carbons (Fsp3) is 0.534. The van der Waals surface area contributed by atoms with E-state index in [0.717, 1.165) is 108 Å². The summed E-state index contributed by atoms with van der Waals surface area (Å²) in [6.07, 6.45) is 15.4. The molecule has 2 aromatic carbocycles. The van der Waals surface area contributed by atoms with Crippen molar-refractivity contribution in [2.75, 3.05) is 33.2 Å². The number of sulfonamides is 2. The number of pyridine rings is 1. The first-order chi connectivity index (χ1) is 37.0. The lowest BCUT2D eigenvalue weighted by Gasteiger charge is -2.34. The van der Waals surface area contributed by atoms with Crippen LogP contribution in [0.1, 0.15) is 132 Å². The van der Waals surface area contributed by atoms with Crippen LogP contribution in [-0.2, 0) is 59.1 Å². The molecule has 2 saturated heterocycles. The quantitative estimate of drug-likeness (QED) is 0.0989. The largest absolute Gasteiger partial charge is 1.00 e. The molecule has 7 N–H and O–H groups in total. The number of nitrogens with one attached hydrogen (secondary N) is 2. The number of amides is 3. The number of carboxylic acid groups (broad SMARTS) is 1. The Morgan fingerprint density at radius 2 is 1.09 bits per heavy atom. The first-order valence-corrected chi connectivity index (χ1v) is 30.4. The Hall–Kier alpha value is -4.91. The minimum Gasteiger partial charge on any atom is -1.00 e. The minimum absolute atomic E-state index is 0. The monoisotopic (exact) mass is 1280 g/mol. The highest BCUT2D eigenvalue weighted by Crippen LogP contribution is 2.38. The van der Waals surface area contributed by atoms with E-state index in [-0.39, 0.29) is 82.2 Å². The molecule has 4 fully saturated rings. The van der Waals surface area contributed by atoms with Crippen molar-refractivity contribution >= 4 is 79.2 Å². The molecule has 0 unspecified atom stereocenters. The molecule has 440 valence electrons. The highest BCUT2D eigenvalue weighted by atomic mass is 127. The maximum Gasteiger partial charge on any atom is 0.307 e. The maximum absolute atomic E-state index is 13.0. The number of amidine groups is 2. The van der Waals surface area contributed by atoms with Gasteiger partial charge >= 0.3 is 5.97 Å². The summed E-state index contributed by atoms with van der Waals surface area (Å²) in [6, 6.07) is 16.3. The average Bonchev–Trinajstić information content (AvgIpc) is 3.89. The molecular weight excluding hydrogens is 1190 g/mol. The Labute approximate surface area is 496 Å². The number of nitrogens with two attached hydrogens (primary N) is 2. The maximum atomic E-state index is 13.0. The predicted molar refractivity (Wildman–Crippen MR) is 312 cm³/mol. The van der Waals surface area contributed by atoms with Gasteiger partial charge in [0.15, 0.2) is 6.20 Å². The topological polar surface area (TPSA) is 268 Å². The number of aryl methyl sites for hydroxylation is 3. The van der Waals surface area contributed by atoms with Gasteiger partial charge in [0.2, 0.25) is 26.0 Å². The number of piperidine rings is 2. The lowest BCUT2D eigenvalue weighted by Crippen LogP contribution is -3.00. The van der Waals surface area contributed by atoms with Gasteiger partial charge in [0, 0.05) is 61.0 Å². The number of carboxylic acids is 1. The van der Waals surface area contributed by atoms with Gasteiger partial charge in [-0.1, -0.05) is 83.4 Å². The molecule has 0 atom stereocenters. The molecule has 5 heterocycles. The number of hydrogen-bond acceptors (Lipinski definition) is 11. The standard InChI is InChI=1S/C25H34N4O4S.C25H33N3O5S.C6H7ClN.CH5N.CH4.HI/c1-17-3-6-21(7-4-17)23-27-24(31)25(28-23)10-12-29(13-11-25)34(32,33)14-9-20-8-5-19(15-18(20)2)16-22(26)30;1-17-3-6-21(7-4-17)23-26-24(31)25(27-23)10-12-28(13-11-25)34(32,33)14-9-20-8-5-19(15-18(20)2)16-22(29)30;1-8-5-3-2-4-6(8)7;1-2;;/h5,8-9,14-15,17,21H,3-4,6-7,10-13,16H2,1-2H3,(H2,26,30)(H,27,28,31);5,8-9,14-15,17,21H,3-4,6-7,10-13,16H2,1-2H3,(H,29,30)(H,26,27,31);2-5H,1H3;2H2,1H3;1H4;1H/q;;+1;;;/p-1/b2*14-9+;;;;. The van der Waals surface area contributed by atoms with E-state index in [4.69, 9.17) is 32.4 Å². The number of hydrogen-bond donors (Lipinski definition) is 5. The van der Waals surface area contributed by atoms with Gasteiger partial charge in [-0.15, -0.1) is 0 Å². The molecule has 80 heavy (non-hydrogen) atoms. The van der Waals surface area contributed by atoms with Crippen LogP contribution in [0.5, 0.6) is 0 Å². The zero-order valence-corrected chi connectivity index (χ0v) is 50.8. The Balaban J connectivity index is 0.000000288. The molecule has 0 radical (unpaired) electrons. The lowest BCUT2D eigenvalue weighted by molar-refractivity contribution is -0.669. The molecule has 3 amide bonds. The third-order valence-corrected chi connectivity index (χ3v) is 19.4. The summed E-state index contributed by atoms with van der Waals surface area (Å²) in [6.45, 7) is 9.21. The second-order valence-corrected chi connectivity index (χ2v) is 25.6. The summed E-state index contributed by atoms with van der Waals surface area (Å²) in [4.78, 5) is 57.3. The number of rotatable bonds is 12. The number of halogens is 2. The Bertz CT molecular complexity index is 2810. The van der Waals surface area contributed by atoms with Crippen molar-refractivity contribution in [2.45, 2.75) is 136 Å². The van der Waals surface area contributed by atoms with Gasteiger partial charge in [0.25, 0.3) is 17.0 Å². The molecule has 2 saturated carbocycles. The first-order valence-electron chi connectivity index (χ1n) is 27.0. The van der Waals surface area contributed by atoms with Crippen molar-refractivity contribution in [1.29, 1.82) is 0 Å². The number of aliphatic carboxylic acids is 1. The predicted octanol–water partition coefficient (Wildman–Crippen LogP) is 4.00. The minimum atomic E-state index is -3.65. The molecule has 2 spiro atoms. The fourth-order valence-electron chi connectivity index (χ4n) is 10.9. The highest BCUT2D eigenvalue weighted by molar-refractivity contribution is 7.92. The molecule has 6 aliphatic rings. The molecular formula is C58H83ClIN9O9S2. The number of carbonyl (C=O) groups excluding carboxylic acids is 3. The zero-order valence-electron chi connectivity index (χ0n) is 46.3. The molecule has 0 bridgehead atoms. The summed E-state index contributed by atoms with van der Waals surface area (Å²) in [5.74, 6) is 2.17. The number of aliphatic imine (C=N–C) groups is 2. The van der Waals surface area contributed by atoms with Crippen molar-refractivity contribution in [1.82, 2.24) is 19.2 Å². The van der Waals surface area contributed by atoms with Crippen LogP contribution in [0.15, 0.2) is 81.6 Å². The van der Waals surface area contributed by atoms with E-state index in [1.165, 1.54) is 26.5 Å². The molecule has 3 aromatic rings. The Morgan fingerprint density at radius 1 is 0.700 bits per heavy atom. The number of nitrogens with zero attached hydrogens (tertiary/aromatic N) is 5. The van der Waals surface area contributed by atoms with Crippen LogP contribution in [0, 0.1) is 37.5 Å². The molecule has 2 aliphatic carbocycles. The van der Waals surface area contributed by atoms with Crippen molar-refractivity contribution < 1.29 is 69.7 Å². The van der Waals surface area contributed by atoms with Crippen LogP contribution in [0.4, 0.5) is 0 Å². The van der Waals surface area contributed by atoms with Crippen molar-refractivity contribution in [2.24, 2.45) is 52.2 Å². The highest BCUT2D eigenvalue weighted by Gasteiger charge is 2.49. The van der Waals surface area contributed by atoms with Gasteiger partial charge in [-0.25, -0.2) is 16.8 Å². The lowest BCUT2D eigenvalue weighted by atomic mass is 9.82. The van der Waals surface area contributed by atoms with E-state index < -0.39 is 43.0 Å². The second kappa shape index (κ2) is 29.9. The van der Waals surface area contributed by atoms with E-state index >= 15 is 0 Å². The van der Waals surface area contributed by atoms with Crippen molar-refractivity contribution in [3.8, 4) is 0 Å². The number of carbonyl (C=O) groups is 4. The Kier molecular flexibility index (Phi) is 25.2. The molecule has 1 aromatic heterocycles. The van der Waals surface area contributed by atoms with E-state index in [9.17, 15) is 36.0 Å². The van der Waals surface area contributed by atoms with E-state index in [1.54, 1.807) is 42.5 Å². The number of aromatic nitrogens is 1. The summed E-state index contributed by atoms with van der Waals surface area (Å²) in [5.41, 5.74) is 12.7. The third-order valence-electron chi connectivity index (χ3n) is 15.9. The van der Waals surface area contributed by atoms with Crippen LogP contribution in [0.25, 0.3) is 12.2 Å². The summed E-state index contributed by atoms with van der Waals surface area (Å²) >= 11 is 5.67. The van der Waals surface area contributed by atoms with Crippen LogP contribution >= 0.6 is 11.6 Å². The van der Waals surface area contributed by atoms with Crippen molar-refractivity contribution in [3.63, 3.8) is 0 Å². The smallest absolute Gasteiger partial charge is 0.307 e. The molecule has 9 rings (SSSR count). The van der Waals surface area contributed by atoms with Gasteiger partial charge in [-0.05, 0) is 147 Å². The van der Waals surface area contributed by atoms with Crippen LogP contribution in [0.3, 0.4) is 0 Å². The van der Waals surface area contributed by atoms with E-state index in [1.807, 2.05) is 55.9 Å². The normalized spacial score (nSPS) is 22.6. The fourth-order valence-corrected chi connectivity index (χ4v) is 13.4. The Morgan fingerprint density at radius 3 is 1.41 bits per heavy atom. The second-order valence-electron chi connectivity index (χ2n) is 21.6. The summed E-state index contributed by atoms with van der Waals surface area (Å²) in [7, 11) is -3.88. The van der Waals surface area contributed by atoms with E-state index in [2.05, 4.69) is 30.2 Å². The number of primary amides is 1. The molecule has 22 heteroatoms. The van der Waals surface area contributed by atoms with E-state index in [0.29, 0.717) is 43.1 Å². The van der Waals surface area contributed by atoms with Gasteiger partial charge in [0.1, 0.15) is 29.8 Å². The average molecular weight is 1280 g/mol. The van der Waals surface area contributed by atoms with Crippen LogP contribution in [0.2, 0.25) is 5.15 Å². The van der Waals surface area contributed by atoms with Gasteiger partial charge < -0.3 is 51.2 Å². The zero-order chi connectivity index (χ0) is 57.0. The first kappa shape index (κ1) is 67.6.